The summed E-state index contributed by atoms with van der Waals surface area (Å²) >= 11 is 0. The predicted octanol–water partition coefficient (Wildman–Crippen LogP) is 4.60. The van der Waals surface area contributed by atoms with E-state index in [-0.39, 0.29) is 17.9 Å². The third kappa shape index (κ3) is 5.83. The van der Waals surface area contributed by atoms with E-state index in [4.69, 9.17) is 18.7 Å². The van der Waals surface area contributed by atoms with Crippen LogP contribution in [0.2, 0.25) is 0 Å². The van der Waals surface area contributed by atoms with E-state index in [1.807, 2.05) is 37.3 Å². The lowest BCUT2D eigenvalue weighted by molar-refractivity contribution is -0.122. The van der Waals surface area contributed by atoms with Gasteiger partial charge in [-0.15, -0.1) is 0 Å². The molecule has 8 nitrogen and oxygen atoms in total. The van der Waals surface area contributed by atoms with Crippen LogP contribution in [0.4, 0.5) is 0 Å². The largest absolute Gasteiger partial charge is 0.493 e. The van der Waals surface area contributed by atoms with Crippen molar-refractivity contribution in [1.82, 2.24) is 15.5 Å². The van der Waals surface area contributed by atoms with Crippen LogP contribution >= 0.6 is 0 Å². The highest BCUT2D eigenvalue weighted by Gasteiger charge is 2.27. The Morgan fingerprint density at radius 1 is 1.06 bits per heavy atom. The van der Waals surface area contributed by atoms with E-state index in [2.05, 4.69) is 22.4 Å². The molecule has 1 aromatic heterocycles. The summed E-state index contributed by atoms with van der Waals surface area (Å²) in [5.41, 5.74) is 1.77. The van der Waals surface area contributed by atoms with E-state index in [9.17, 15) is 4.79 Å². The first-order valence-corrected chi connectivity index (χ1v) is 11.0. The maximum absolute atomic E-state index is 12.7. The number of nitrogens with one attached hydrogen (secondary N) is 1. The second-order valence-electron chi connectivity index (χ2n) is 7.79. The van der Waals surface area contributed by atoms with Gasteiger partial charge in [0.15, 0.2) is 11.5 Å². The van der Waals surface area contributed by atoms with Crippen molar-refractivity contribution in [3.63, 3.8) is 0 Å². The third-order valence-electron chi connectivity index (χ3n) is 5.64. The van der Waals surface area contributed by atoms with E-state index < -0.39 is 0 Å². The molecule has 0 bridgehead atoms. The van der Waals surface area contributed by atoms with Crippen molar-refractivity contribution in [3.05, 3.63) is 53.9 Å². The molecule has 1 heterocycles. The molecular weight excluding hydrogens is 422 g/mol. The minimum absolute atomic E-state index is 0.0586. The highest BCUT2D eigenvalue weighted by molar-refractivity contribution is 5.76. The number of nitrogens with zero attached hydrogens (tertiary/aromatic N) is 2. The van der Waals surface area contributed by atoms with Gasteiger partial charge in [-0.1, -0.05) is 55.8 Å². The maximum atomic E-state index is 12.7. The number of amides is 1. The Morgan fingerprint density at radius 2 is 1.73 bits per heavy atom. The molecule has 1 amide bonds. The molecule has 0 radical (unpaired) electrons. The number of hydrogen-bond acceptors (Lipinski definition) is 7. The van der Waals surface area contributed by atoms with Gasteiger partial charge < -0.3 is 24.1 Å². The molecule has 0 saturated heterocycles. The van der Waals surface area contributed by atoms with Crippen molar-refractivity contribution in [2.24, 2.45) is 5.92 Å². The quantitative estimate of drug-likeness (QED) is 0.453. The number of benzene rings is 2. The molecule has 1 N–H and O–H groups in total. The standard InChI is InChI=1S/C25H31N3O5/c1-6-16(2)22(26-21(29)13-12-17-10-8-7-9-11-17)25-27-24(28-33-25)18-14-19(30-3)23(32-5)20(15-18)31-4/h7-11,14-16,22H,6,12-13H2,1-5H3,(H,26,29)/t16-,22-/m1/s1. The fourth-order valence-corrected chi connectivity index (χ4v) is 3.52. The first kappa shape index (κ1) is 24.1. The number of ether oxygens (including phenoxy) is 3. The number of carbonyl (C=O) groups excluding carboxylic acids is 1. The summed E-state index contributed by atoms with van der Waals surface area (Å²) in [6.07, 6.45) is 1.89. The molecule has 0 aliphatic rings. The number of methoxy groups -OCH3 is 3. The van der Waals surface area contributed by atoms with Crippen LogP contribution in [0.15, 0.2) is 47.0 Å². The lowest BCUT2D eigenvalue weighted by atomic mass is 9.98. The second kappa shape index (κ2) is 11.4. The lowest BCUT2D eigenvalue weighted by Crippen LogP contribution is -2.32. The molecule has 0 unspecified atom stereocenters. The molecule has 33 heavy (non-hydrogen) atoms. The predicted molar refractivity (Wildman–Crippen MR) is 124 cm³/mol. The average Bonchev–Trinajstić information content (AvgIpc) is 3.35. The normalized spacial score (nSPS) is 12.6. The Kier molecular flexibility index (Phi) is 8.29. The molecule has 8 heteroatoms. The maximum Gasteiger partial charge on any atom is 0.249 e. The van der Waals surface area contributed by atoms with Crippen LogP contribution in [0.25, 0.3) is 11.4 Å². The third-order valence-corrected chi connectivity index (χ3v) is 5.64. The van der Waals surface area contributed by atoms with Crippen LogP contribution in [0.5, 0.6) is 17.2 Å². The first-order chi connectivity index (χ1) is 16.0. The van der Waals surface area contributed by atoms with Crippen molar-refractivity contribution in [1.29, 1.82) is 0 Å². The van der Waals surface area contributed by atoms with Crippen LogP contribution in [-0.4, -0.2) is 37.4 Å². The van der Waals surface area contributed by atoms with Crippen molar-refractivity contribution in [3.8, 4) is 28.6 Å². The summed E-state index contributed by atoms with van der Waals surface area (Å²) in [6.45, 7) is 4.11. The molecule has 0 aliphatic carbocycles. The summed E-state index contributed by atoms with van der Waals surface area (Å²) in [5, 5.41) is 7.22. The van der Waals surface area contributed by atoms with E-state index in [1.54, 1.807) is 33.5 Å². The molecule has 3 rings (SSSR count). The van der Waals surface area contributed by atoms with Gasteiger partial charge in [-0.3, -0.25) is 4.79 Å². The fourth-order valence-electron chi connectivity index (χ4n) is 3.52. The van der Waals surface area contributed by atoms with Gasteiger partial charge >= 0.3 is 0 Å². The average molecular weight is 454 g/mol. The van der Waals surface area contributed by atoms with Gasteiger partial charge in [0.25, 0.3) is 0 Å². The van der Waals surface area contributed by atoms with Crippen molar-refractivity contribution in [2.45, 2.75) is 39.2 Å². The van der Waals surface area contributed by atoms with E-state index in [1.165, 1.54) is 0 Å². The van der Waals surface area contributed by atoms with Crippen LogP contribution in [-0.2, 0) is 11.2 Å². The van der Waals surface area contributed by atoms with Crippen LogP contribution in [0.1, 0.15) is 44.2 Å². The van der Waals surface area contributed by atoms with E-state index >= 15 is 0 Å². The summed E-state index contributed by atoms with van der Waals surface area (Å²) in [6, 6.07) is 13.1. The zero-order valence-electron chi connectivity index (χ0n) is 19.8. The Labute approximate surface area is 194 Å². The number of aryl methyl sites for hydroxylation is 1. The highest BCUT2D eigenvalue weighted by Crippen LogP contribution is 2.40. The topological polar surface area (TPSA) is 95.7 Å². The number of carbonyl (C=O) groups is 1. The van der Waals surface area contributed by atoms with Gasteiger partial charge in [0.2, 0.25) is 23.4 Å². The Balaban J connectivity index is 1.80. The minimum atomic E-state index is -0.387. The molecule has 0 spiro atoms. The van der Waals surface area contributed by atoms with Gasteiger partial charge in [-0.25, -0.2) is 0 Å². The van der Waals surface area contributed by atoms with Gasteiger partial charge in [-0.2, -0.15) is 4.98 Å². The summed E-state index contributed by atoms with van der Waals surface area (Å²) < 4.78 is 21.8. The van der Waals surface area contributed by atoms with Gasteiger partial charge in [0.05, 0.1) is 21.3 Å². The molecule has 0 fully saturated rings. The van der Waals surface area contributed by atoms with Crippen molar-refractivity contribution in [2.75, 3.05) is 21.3 Å². The zero-order valence-corrected chi connectivity index (χ0v) is 19.8. The molecule has 3 aromatic rings. The molecule has 0 saturated carbocycles. The lowest BCUT2D eigenvalue weighted by Gasteiger charge is -2.20. The molecule has 2 aromatic carbocycles. The van der Waals surface area contributed by atoms with Crippen LogP contribution in [0.3, 0.4) is 0 Å². The Hall–Kier alpha value is -3.55. The summed E-state index contributed by atoms with van der Waals surface area (Å²) in [4.78, 5) is 17.3. The van der Waals surface area contributed by atoms with Crippen molar-refractivity contribution < 1.29 is 23.5 Å². The van der Waals surface area contributed by atoms with E-state index in [0.717, 1.165) is 12.0 Å². The van der Waals surface area contributed by atoms with E-state index in [0.29, 0.717) is 47.4 Å². The minimum Gasteiger partial charge on any atom is -0.493 e. The second-order valence-corrected chi connectivity index (χ2v) is 7.79. The molecule has 2 atom stereocenters. The SMILES string of the molecule is CC[C@@H](C)[C@@H](NC(=O)CCc1ccccc1)c1nc(-c2cc(OC)c(OC)c(OC)c2)no1. The van der Waals surface area contributed by atoms with Gasteiger partial charge in [-0.05, 0) is 30.0 Å². The van der Waals surface area contributed by atoms with Crippen LogP contribution in [0, 0.1) is 5.92 Å². The fraction of sp³-hybridized carbons (Fsp3) is 0.400. The first-order valence-electron chi connectivity index (χ1n) is 11.0. The smallest absolute Gasteiger partial charge is 0.249 e. The number of rotatable bonds is 11. The molecule has 0 aliphatic heterocycles. The highest BCUT2D eigenvalue weighted by atomic mass is 16.5. The van der Waals surface area contributed by atoms with Crippen LogP contribution < -0.4 is 19.5 Å². The Bertz CT molecular complexity index is 1030. The van der Waals surface area contributed by atoms with Crippen molar-refractivity contribution >= 4 is 5.91 Å². The summed E-state index contributed by atoms with van der Waals surface area (Å²) in [7, 11) is 4.64. The van der Waals surface area contributed by atoms with Gasteiger partial charge in [0.1, 0.15) is 6.04 Å². The monoisotopic (exact) mass is 453 g/mol. The molecule has 176 valence electrons. The van der Waals surface area contributed by atoms with Gasteiger partial charge in [0, 0.05) is 12.0 Å². The molecular formula is C25H31N3O5. The number of aromatic nitrogens is 2. The summed E-state index contributed by atoms with van der Waals surface area (Å²) in [5.74, 6) is 2.25. The zero-order chi connectivity index (χ0) is 23.8. The number of hydrogen-bond donors (Lipinski definition) is 1. The Morgan fingerprint density at radius 3 is 2.30 bits per heavy atom.